The number of anilines is 1. The number of rotatable bonds is 1. The summed E-state index contributed by atoms with van der Waals surface area (Å²) in [5.74, 6) is -1.11. The number of amides is 2. The van der Waals surface area contributed by atoms with Gasteiger partial charge in [-0.2, -0.15) is 0 Å². The minimum atomic E-state index is -0.557. The van der Waals surface area contributed by atoms with Crippen LogP contribution in [0.15, 0.2) is 24.3 Å². The zero-order valence-electron chi connectivity index (χ0n) is 10.5. The fraction of sp³-hybridized carbons (Fsp3) is 0. The Bertz CT molecular complexity index is 785. The molecule has 22 heavy (non-hydrogen) atoms. The van der Waals surface area contributed by atoms with E-state index >= 15 is 0 Å². The highest BCUT2D eigenvalue weighted by Gasteiger charge is 2.39. The third-order valence-electron chi connectivity index (χ3n) is 3.20. The standard InChI is InChI=1S/C14H4Cl5NO2/c15-7-8(16)10(18)12(11(19)9(7)17)20-13(21)5-3-1-2-4-6(5)14(20)22/h1-4H. The summed E-state index contributed by atoms with van der Waals surface area (Å²) in [5, 5.41) is -0.432. The lowest BCUT2D eigenvalue weighted by molar-refractivity contribution is 0.0926. The number of fused-ring (bicyclic) bond motifs is 1. The maximum absolute atomic E-state index is 12.5. The average Bonchev–Trinajstić information content (AvgIpc) is 2.77. The number of carbonyl (C=O) groups excluding carboxylic acids is 2. The van der Waals surface area contributed by atoms with Gasteiger partial charge in [-0.25, -0.2) is 4.90 Å². The van der Waals surface area contributed by atoms with E-state index in [4.69, 9.17) is 58.0 Å². The molecule has 0 saturated heterocycles. The molecule has 112 valence electrons. The van der Waals surface area contributed by atoms with Crippen molar-refractivity contribution in [3.8, 4) is 0 Å². The molecule has 2 amide bonds. The maximum Gasteiger partial charge on any atom is 0.266 e. The SMILES string of the molecule is O=C1c2ccccc2C(=O)N1c1c(Cl)c(Cl)c(Cl)c(Cl)c1Cl. The van der Waals surface area contributed by atoms with Crippen LogP contribution in [0, 0.1) is 0 Å². The highest BCUT2D eigenvalue weighted by molar-refractivity contribution is 6.57. The van der Waals surface area contributed by atoms with E-state index in [1.165, 1.54) is 12.1 Å². The van der Waals surface area contributed by atoms with Gasteiger partial charge in [0.25, 0.3) is 11.8 Å². The van der Waals surface area contributed by atoms with Crippen LogP contribution in [-0.4, -0.2) is 11.8 Å². The quantitative estimate of drug-likeness (QED) is 0.350. The van der Waals surface area contributed by atoms with Crippen molar-refractivity contribution in [2.75, 3.05) is 4.90 Å². The second-order valence-electron chi connectivity index (χ2n) is 4.41. The third-order valence-corrected chi connectivity index (χ3v) is 5.46. The minimum Gasteiger partial charge on any atom is -0.268 e. The first-order valence-electron chi connectivity index (χ1n) is 5.85. The van der Waals surface area contributed by atoms with E-state index < -0.39 is 11.8 Å². The van der Waals surface area contributed by atoms with Crippen LogP contribution in [0.2, 0.25) is 25.1 Å². The minimum absolute atomic E-state index is 0.0429. The first kappa shape index (κ1) is 15.9. The Morgan fingerprint density at radius 1 is 0.636 bits per heavy atom. The van der Waals surface area contributed by atoms with Crippen LogP contribution in [0.3, 0.4) is 0 Å². The molecule has 0 N–H and O–H groups in total. The van der Waals surface area contributed by atoms with E-state index in [2.05, 4.69) is 0 Å². The molecular formula is C14H4Cl5NO2. The van der Waals surface area contributed by atoms with Gasteiger partial charge in [0.15, 0.2) is 0 Å². The van der Waals surface area contributed by atoms with E-state index in [0.717, 1.165) is 4.90 Å². The fourth-order valence-electron chi connectivity index (χ4n) is 2.18. The number of halogens is 5. The van der Waals surface area contributed by atoms with Crippen molar-refractivity contribution in [2.45, 2.75) is 0 Å². The zero-order valence-corrected chi connectivity index (χ0v) is 14.2. The molecule has 0 radical (unpaired) electrons. The molecule has 0 unspecified atom stereocenters. The molecule has 0 bridgehead atoms. The highest BCUT2D eigenvalue weighted by Crippen LogP contribution is 2.49. The molecule has 2 aromatic rings. The van der Waals surface area contributed by atoms with Gasteiger partial charge in [0.2, 0.25) is 0 Å². The molecule has 2 aromatic carbocycles. The summed E-state index contributed by atoms with van der Waals surface area (Å²) in [6.07, 6.45) is 0. The first-order valence-corrected chi connectivity index (χ1v) is 7.74. The van der Waals surface area contributed by atoms with Crippen LogP contribution >= 0.6 is 58.0 Å². The van der Waals surface area contributed by atoms with Gasteiger partial charge in [-0.3, -0.25) is 9.59 Å². The van der Waals surface area contributed by atoms with Crippen molar-refractivity contribution >= 4 is 75.5 Å². The van der Waals surface area contributed by atoms with E-state index in [1.54, 1.807) is 12.1 Å². The van der Waals surface area contributed by atoms with Crippen molar-refractivity contribution in [1.29, 1.82) is 0 Å². The number of benzene rings is 2. The monoisotopic (exact) mass is 393 g/mol. The van der Waals surface area contributed by atoms with Crippen molar-refractivity contribution < 1.29 is 9.59 Å². The van der Waals surface area contributed by atoms with E-state index in [1.807, 2.05) is 0 Å². The van der Waals surface area contributed by atoms with Crippen molar-refractivity contribution in [1.82, 2.24) is 0 Å². The predicted octanol–water partition coefficient (Wildman–Crippen LogP) is 5.75. The predicted molar refractivity (Wildman–Crippen MR) is 89.1 cm³/mol. The third kappa shape index (κ3) is 2.12. The van der Waals surface area contributed by atoms with Crippen LogP contribution in [-0.2, 0) is 0 Å². The molecule has 1 aliphatic rings. The zero-order chi connectivity index (χ0) is 16.2. The summed E-state index contributed by atoms with van der Waals surface area (Å²) in [5.41, 5.74) is 0.428. The lowest BCUT2D eigenvalue weighted by Crippen LogP contribution is -2.30. The number of hydrogen-bond acceptors (Lipinski definition) is 2. The number of nitrogens with zero attached hydrogens (tertiary/aromatic N) is 1. The molecule has 0 spiro atoms. The lowest BCUT2D eigenvalue weighted by Gasteiger charge is -2.19. The van der Waals surface area contributed by atoms with Gasteiger partial charge in [0, 0.05) is 0 Å². The highest BCUT2D eigenvalue weighted by atomic mass is 35.5. The largest absolute Gasteiger partial charge is 0.268 e. The summed E-state index contributed by atoms with van der Waals surface area (Å²) >= 11 is 30.1. The Hall–Kier alpha value is -0.970. The van der Waals surface area contributed by atoms with Gasteiger partial charge < -0.3 is 0 Å². The van der Waals surface area contributed by atoms with E-state index in [9.17, 15) is 9.59 Å². The molecule has 1 aliphatic heterocycles. The van der Waals surface area contributed by atoms with Gasteiger partial charge in [0.1, 0.15) is 0 Å². The van der Waals surface area contributed by atoms with Crippen molar-refractivity contribution in [3.05, 3.63) is 60.5 Å². The Kier molecular flexibility index (Phi) is 4.04. The van der Waals surface area contributed by atoms with Gasteiger partial charge >= 0.3 is 0 Å². The molecule has 1 heterocycles. The summed E-state index contributed by atoms with van der Waals surface area (Å²) in [4.78, 5) is 25.8. The Morgan fingerprint density at radius 2 is 1.00 bits per heavy atom. The van der Waals surface area contributed by atoms with Crippen LogP contribution in [0.5, 0.6) is 0 Å². The lowest BCUT2D eigenvalue weighted by atomic mass is 10.1. The molecule has 0 saturated carbocycles. The topological polar surface area (TPSA) is 37.4 Å². The molecule has 3 rings (SSSR count). The van der Waals surface area contributed by atoms with Crippen LogP contribution < -0.4 is 4.90 Å². The first-order chi connectivity index (χ1) is 10.4. The second kappa shape index (κ2) is 5.59. The van der Waals surface area contributed by atoms with Crippen LogP contribution in [0.25, 0.3) is 0 Å². The van der Waals surface area contributed by atoms with Crippen molar-refractivity contribution in [3.63, 3.8) is 0 Å². The Labute approximate surface area is 150 Å². The van der Waals surface area contributed by atoms with Gasteiger partial charge in [-0.15, -0.1) is 0 Å². The number of imide groups is 1. The van der Waals surface area contributed by atoms with Gasteiger partial charge in [0.05, 0.1) is 41.9 Å². The fourth-order valence-corrected chi connectivity index (χ4v) is 3.48. The molecule has 0 aliphatic carbocycles. The smallest absolute Gasteiger partial charge is 0.266 e. The van der Waals surface area contributed by atoms with Gasteiger partial charge in [-0.05, 0) is 12.1 Å². The number of carbonyl (C=O) groups is 2. The van der Waals surface area contributed by atoms with E-state index in [0.29, 0.717) is 0 Å². The molecule has 0 atom stereocenters. The molecule has 0 fully saturated rings. The summed E-state index contributed by atoms with van der Waals surface area (Å²) in [6, 6.07) is 6.38. The normalized spacial score (nSPS) is 13.8. The van der Waals surface area contributed by atoms with E-state index in [-0.39, 0.29) is 41.9 Å². The molecular weight excluding hydrogens is 391 g/mol. The number of hydrogen-bond donors (Lipinski definition) is 0. The second-order valence-corrected chi connectivity index (χ2v) is 6.30. The molecule has 0 aromatic heterocycles. The Balaban J connectivity index is 2.27. The van der Waals surface area contributed by atoms with Crippen LogP contribution in [0.1, 0.15) is 20.7 Å². The summed E-state index contributed by atoms with van der Waals surface area (Å²) in [6.45, 7) is 0. The van der Waals surface area contributed by atoms with Crippen molar-refractivity contribution in [2.24, 2.45) is 0 Å². The average molecular weight is 395 g/mol. The Morgan fingerprint density at radius 3 is 1.41 bits per heavy atom. The summed E-state index contributed by atoms with van der Waals surface area (Å²) in [7, 11) is 0. The van der Waals surface area contributed by atoms with Gasteiger partial charge in [-0.1, -0.05) is 70.1 Å². The maximum atomic E-state index is 12.5. The molecule has 3 nitrogen and oxygen atoms in total. The molecule has 8 heteroatoms. The van der Waals surface area contributed by atoms with Crippen LogP contribution in [0.4, 0.5) is 5.69 Å². The summed E-state index contributed by atoms with van der Waals surface area (Å²) < 4.78 is 0.